The third-order valence-corrected chi connectivity index (χ3v) is 2.34. The molecular weight excluding hydrogens is 172 g/mol. The van der Waals surface area contributed by atoms with Crippen LogP contribution in [0.4, 0.5) is 0 Å². The van der Waals surface area contributed by atoms with Crippen LogP contribution in [0.25, 0.3) is 21.7 Å². The van der Waals surface area contributed by atoms with Gasteiger partial charge in [0.1, 0.15) is 0 Å². The molecule has 2 nitrogen and oxygen atoms in total. The van der Waals surface area contributed by atoms with Gasteiger partial charge in [-0.15, -0.1) is 0 Å². The van der Waals surface area contributed by atoms with Crippen molar-refractivity contribution < 1.29 is 0 Å². The maximum absolute atomic E-state index is 4.24. The van der Waals surface area contributed by atoms with Crippen molar-refractivity contribution in [2.45, 2.75) is 0 Å². The van der Waals surface area contributed by atoms with E-state index >= 15 is 0 Å². The first-order valence-electron chi connectivity index (χ1n) is 4.45. The smallest absolute Gasteiger partial charge is 0.0894 e. The van der Waals surface area contributed by atoms with Crippen LogP contribution in [0.15, 0.2) is 42.7 Å². The summed E-state index contributed by atoms with van der Waals surface area (Å²) < 4.78 is 0. The third kappa shape index (κ3) is 0.973. The zero-order chi connectivity index (χ0) is 9.38. The third-order valence-electron chi connectivity index (χ3n) is 2.34. The fourth-order valence-electron chi connectivity index (χ4n) is 1.65. The maximum atomic E-state index is 4.24. The molecule has 3 rings (SSSR count). The first kappa shape index (κ1) is 7.44. The van der Waals surface area contributed by atoms with Gasteiger partial charge in [-0.1, -0.05) is 18.2 Å². The summed E-state index contributed by atoms with van der Waals surface area (Å²) in [4.78, 5) is 8.35. The van der Waals surface area contributed by atoms with Gasteiger partial charge in [0.2, 0.25) is 0 Å². The van der Waals surface area contributed by atoms with E-state index in [0.29, 0.717) is 0 Å². The molecule has 0 fully saturated rings. The Morgan fingerprint density at radius 1 is 1.00 bits per heavy atom. The Morgan fingerprint density at radius 2 is 1.93 bits per heavy atom. The highest BCUT2D eigenvalue weighted by molar-refractivity contribution is 6.04. The van der Waals surface area contributed by atoms with E-state index in [9.17, 15) is 0 Å². The summed E-state index contributed by atoms with van der Waals surface area (Å²) >= 11 is 0. The van der Waals surface area contributed by atoms with Gasteiger partial charge < -0.3 is 0 Å². The van der Waals surface area contributed by atoms with Crippen LogP contribution in [-0.2, 0) is 0 Å². The van der Waals surface area contributed by atoms with Crippen molar-refractivity contribution in [3.05, 3.63) is 48.9 Å². The van der Waals surface area contributed by atoms with Gasteiger partial charge >= 0.3 is 0 Å². The van der Waals surface area contributed by atoms with E-state index in [1.165, 1.54) is 5.39 Å². The minimum Gasteiger partial charge on any atom is -0.264 e. The van der Waals surface area contributed by atoms with Crippen LogP contribution in [0.2, 0.25) is 0 Å². The molecule has 0 aliphatic heterocycles. The van der Waals surface area contributed by atoms with E-state index < -0.39 is 0 Å². The number of rotatable bonds is 0. The standard InChI is InChI=1S/C12H7N2/c1-2-10-4-3-9-5-7-13-8-11(9)12(10)14-6-1/h1-5,7-8H. The predicted molar refractivity (Wildman–Crippen MR) is 55.9 cm³/mol. The summed E-state index contributed by atoms with van der Waals surface area (Å²) in [5.41, 5.74) is 0.970. The molecule has 65 valence electrons. The Balaban J connectivity index is 2.61. The van der Waals surface area contributed by atoms with Crippen molar-refractivity contribution in [1.29, 1.82) is 0 Å². The van der Waals surface area contributed by atoms with Crippen molar-refractivity contribution >= 4 is 21.7 Å². The molecule has 0 amide bonds. The molecule has 1 radical (unpaired) electrons. The number of aromatic nitrogens is 2. The van der Waals surface area contributed by atoms with Crippen molar-refractivity contribution in [1.82, 2.24) is 9.97 Å². The summed E-state index contributed by atoms with van der Waals surface area (Å²) in [6.45, 7) is 0. The second-order valence-corrected chi connectivity index (χ2v) is 3.17. The lowest BCUT2D eigenvalue weighted by Crippen LogP contribution is -1.81. The number of hydrogen-bond donors (Lipinski definition) is 0. The second kappa shape index (κ2) is 2.77. The molecule has 0 unspecified atom stereocenters. The fourth-order valence-corrected chi connectivity index (χ4v) is 1.65. The van der Waals surface area contributed by atoms with E-state index in [-0.39, 0.29) is 0 Å². The minimum absolute atomic E-state index is 0.970. The Morgan fingerprint density at radius 3 is 2.93 bits per heavy atom. The molecule has 2 heteroatoms. The zero-order valence-electron chi connectivity index (χ0n) is 7.44. The average Bonchev–Trinajstić information content (AvgIpc) is 2.29. The van der Waals surface area contributed by atoms with Crippen molar-refractivity contribution in [3.8, 4) is 0 Å². The van der Waals surface area contributed by atoms with Crippen molar-refractivity contribution in [2.24, 2.45) is 0 Å². The van der Waals surface area contributed by atoms with E-state index in [2.05, 4.69) is 28.3 Å². The first-order valence-corrected chi connectivity index (χ1v) is 4.45. The summed E-state index contributed by atoms with van der Waals surface area (Å²) in [6, 6.07) is 9.97. The van der Waals surface area contributed by atoms with Gasteiger partial charge in [0.15, 0.2) is 0 Å². The molecule has 1 aromatic carbocycles. The van der Waals surface area contributed by atoms with Crippen molar-refractivity contribution in [3.63, 3.8) is 0 Å². The Kier molecular flexibility index (Phi) is 1.47. The summed E-state index contributed by atoms with van der Waals surface area (Å²) in [5.74, 6) is 0. The summed E-state index contributed by atoms with van der Waals surface area (Å²) in [5, 5.41) is 3.38. The number of fused-ring (bicyclic) bond motifs is 3. The number of nitrogens with zero attached hydrogens (tertiary/aromatic N) is 2. The molecule has 0 aliphatic carbocycles. The van der Waals surface area contributed by atoms with Crippen LogP contribution in [0.1, 0.15) is 0 Å². The first-order chi connectivity index (χ1) is 6.95. The Bertz CT molecular complexity index is 547. The second-order valence-electron chi connectivity index (χ2n) is 3.17. The molecule has 2 heterocycles. The molecule has 0 atom stereocenters. The van der Waals surface area contributed by atoms with Gasteiger partial charge in [-0.3, -0.25) is 4.98 Å². The Labute approximate surface area is 81.2 Å². The predicted octanol–water partition coefficient (Wildman–Crippen LogP) is 2.58. The normalized spacial score (nSPS) is 10.9. The summed E-state index contributed by atoms with van der Waals surface area (Å²) in [6.07, 6.45) is 6.49. The van der Waals surface area contributed by atoms with Crippen LogP contribution < -0.4 is 0 Å². The molecule has 2 aromatic heterocycles. The number of pyridine rings is 2. The highest BCUT2D eigenvalue weighted by atomic mass is 14.7. The molecule has 3 aromatic rings. The van der Waals surface area contributed by atoms with E-state index in [0.717, 1.165) is 16.3 Å². The van der Waals surface area contributed by atoms with Crippen LogP contribution in [-0.4, -0.2) is 9.97 Å². The van der Waals surface area contributed by atoms with Gasteiger partial charge in [0.25, 0.3) is 0 Å². The minimum atomic E-state index is 0.970. The number of benzene rings is 1. The van der Waals surface area contributed by atoms with Gasteiger partial charge in [0, 0.05) is 23.2 Å². The monoisotopic (exact) mass is 179 g/mol. The number of hydrogen-bond acceptors (Lipinski definition) is 2. The van der Waals surface area contributed by atoms with E-state index in [1.807, 2.05) is 24.4 Å². The molecule has 0 saturated carbocycles. The van der Waals surface area contributed by atoms with Gasteiger partial charge in [-0.2, -0.15) is 0 Å². The lowest BCUT2D eigenvalue weighted by atomic mass is 10.1. The molecule has 14 heavy (non-hydrogen) atoms. The van der Waals surface area contributed by atoms with E-state index in [1.54, 1.807) is 6.20 Å². The zero-order valence-corrected chi connectivity index (χ0v) is 7.44. The lowest BCUT2D eigenvalue weighted by Gasteiger charge is -2.00. The maximum Gasteiger partial charge on any atom is 0.0894 e. The summed E-state index contributed by atoms with van der Waals surface area (Å²) in [7, 11) is 0. The topological polar surface area (TPSA) is 25.8 Å². The quantitative estimate of drug-likeness (QED) is 0.496. The largest absolute Gasteiger partial charge is 0.264 e. The van der Waals surface area contributed by atoms with Gasteiger partial charge in [0.05, 0.1) is 11.7 Å². The molecular formula is C12H7N2. The van der Waals surface area contributed by atoms with Crippen LogP contribution in [0.5, 0.6) is 0 Å². The molecule has 0 spiro atoms. The van der Waals surface area contributed by atoms with Crippen molar-refractivity contribution in [2.75, 3.05) is 0 Å². The van der Waals surface area contributed by atoms with Gasteiger partial charge in [-0.05, 0) is 17.5 Å². The molecule has 0 N–H and O–H groups in total. The van der Waals surface area contributed by atoms with Crippen LogP contribution in [0.3, 0.4) is 0 Å². The highest BCUT2D eigenvalue weighted by Crippen LogP contribution is 2.21. The van der Waals surface area contributed by atoms with Crippen LogP contribution >= 0.6 is 0 Å². The molecule has 0 bridgehead atoms. The Hall–Kier alpha value is -1.96. The molecule has 0 saturated heterocycles. The fraction of sp³-hybridized carbons (Fsp3) is 0. The van der Waals surface area contributed by atoms with Crippen LogP contribution in [0, 0.1) is 6.20 Å². The average molecular weight is 179 g/mol. The van der Waals surface area contributed by atoms with Gasteiger partial charge in [-0.25, -0.2) is 4.98 Å². The highest BCUT2D eigenvalue weighted by Gasteiger charge is 1.99. The SMILES string of the molecule is [c]1ccc2ccc3ccncc3c2n1. The van der Waals surface area contributed by atoms with E-state index in [4.69, 9.17) is 0 Å². The lowest BCUT2D eigenvalue weighted by molar-refractivity contribution is 1.35. The molecule has 0 aliphatic rings.